The van der Waals surface area contributed by atoms with Crippen LogP contribution in [-0.2, 0) is 0 Å². The van der Waals surface area contributed by atoms with Crippen LogP contribution in [0.2, 0.25) is 0 Å². The predicted octanol–water partition coefficient (Wildman–Crippen LogP) is 3.49. The molecule has 0 spiro atoms. The van der Waals surface area contributed by atoms with Gasteiger partial charge in [0.15, 0.2) is 11.5 Å². The van der Waals surface area contributed by atoms with Gasteiger partial charge in [0.05, 0.1) is 24.2 Å². The summed E-state index contributed by atoms with van der Waals surface area (Å²) < 4.78 is 11.5. The Morgan fingerprint density at radius 1 is 1.12 bits per heavy atom. The van der Waals surface area contributed by atoms with Crippen LogP contribution in [0.5, 0.6) is 11.5 Å². The molecule has 1 unspecified atom stereocenters. The number of aromatic nitrogens is 1. The smallest absolute Gasteiger partial charge is 0.287 e. The third-order valence-electron chi connectivity index (χ3n) is 4.65. The predicted molar refractivity (Wildman–Crippen MR) is 92.3 cm³/mol. The van der Waals surface area contributed by atoms with Crippen LogP contribution >= 0.6 is 0 Å². The minimum atomic E-state index is -0.429. The second-order valence-electron chi connectivity index (χ2n) is 6.24. The highest BCUT2D eigenvalue weighted by Crippen LogP contribution is 2.39. The van der Waals surface area contributed by atoms with Gasteiger partial charge in [0.2, 0.25) is 0 Å². The molecule has 1 aromatic carbocycles. The molecule has 0 aliphatic carbocycles. The Balaban J connectivity index is 1.61. The molecule has 2 aliphatic heterocycles. The zero-order valence-corrected chi connectivity index (χ0v) is 13.8. The highest BCUT2D eigenvalue weighted by atomic mass is 16.6. The minimum Gasteiger partial charge on any atom is -0.490 e. The monoisotopic (exact) mass is 341 g/mol. The molecule has 1 aromatic heterocycles. The van der Waals surface area contributed by atoms with Gasteiger partial charge >= 0.3 is 0 Å². The summed E-state index contributed by atoms with van der Waals surface area (Å²) in [7, 11) is 0. The lowest BCUT2D eigenvalue weighted by Crippen LogP contribution is -2.23. The molecule has 130 valence electrons. The molecule has 25 heavy (non-hydrogen) atoms. The fourth-order valence-electron chi connectivity index (χ4n) is 3.43. The van der Waals surface area contributed by atoms with Crippen LogP contribution in [0.25, 0.3) is 0 Å². The Morgan fingerprint density at radius 2 is 1.96 bits per heavy atom. The van der Waals surface area contributed by atoms with Crippen molar-refractivity contribution in [2.24, 2.45) is 0 Å². The Bertz CT molecular complexity index is 778. The highest BCUT2D eigenvalue weighted by molar-refractivity contribution is 5.50. The summed E-state index contributed by atoms with van der Waals surface area (Å²) in [6.07, 6.45) is 4.26. The molecule has 7 nitrogen and oxygen atoms in total. The van der Waals surface area contributed by atoms with Crippen molar-refractivity contribution in [3.05, 3.63) is 52.2 Å². The van der Waals surface area contributed by atoms with E-state index in [4.69, 9.17) is 9.47 Å². The first kappa shape index (κ1) is 15.7. The number of ether oxygens (including phenoxy) is 2. The van der Waals surface area contributed by atoms with Gasteiger partial charge in [-0.2, -0.15) is 0 Å². The molecule has 2 aliphatic rings. The summed E-state index contributed by atoms with van der Waals surface area (Å²) in [5, 5.41) is 10.8. The van der Waals surface area contributed by atoms with Gasteiger partial charge in [-0.1, -0.05) is 6.07 Å². The summed E-state index contributed by atoms with van der Waals surface area (Å²) >= 11 is 0. The minimum absolute atomic E-state index is 0.00933. The average molecular weight is 341 g/mol. The average Bonchev–Trinajstić information content (AvgIpc) is 3.00. The maximum absolute atomic E-state index is 10.8. The fraction of sp³-hybridized carbons (Fsp3) is 0.389. The Labute approximate surface area is 145 Å². The zero-order valence-electron chi connectivity index (χ0n) is 13.8. The molecule has 0 saturated carbocycles. The normalized spacial score (nSPS) is 19.5. The molecule has 0 N–H and O–H groups in total. The van der Waals surface area contributed by atoms with E-state index in [0.29, 0.717) is 13.2 Å². The fourth-order valence-corrected chi connectivity index (χ4v) is 3.43. The van der Waals surface area contributed by atoms with Crippen LogP contribution in [-0.4, -0.2) is 29.7 Å². The second-order valence-corrected chi connectivity index (χ2v) is 6.24. The molecule has 1 atom stereocenters. The van der Waals surface area contributed by atoms with Gasteiger partial charge in [0, 0.05) is 19.0 Å². The number of fused-ring (bicyclic) bond motifs is 1. The number of nitro groups is 1. The Morgan fingerprint density at radius 3 is 2.72 bits per heavy atom. The molecule has 3 heterocycles. The van der Waals surface area contributed by atoms with Gasteiger partial charge in [-0.15, -0.1) is 0 Å². The molecular weight excluding hydrogens is 322 g/mol. The van der Waals surface area contributed by atoms with Gasteiger partial charge in [0.25, 0.3) is 5.69 Å². The molecule has 4 rings (SSSR count). The zero-order chi connectivity index (χ0) is 17.2. The van der Waals surface area contributed by atoms with Crippen molar-refractivity contribution >= 4 is 11.5 Å². The largest absolute Gasteiger partial charge is 0.490 e. The number of hydrogen-bond acceptors (Lipinski definition) is 6. The molecule has 2 aromatic rings. The highest BCUT2D eigenvalue weighted by Gasteiger charge is 2.28. The van der Waals surface area contributed by atoms with Crippen molar-refractivity contribution in [3.8, 4) is 11.5 Å². The van der Waals surface area contributed by atoms with E-state index in [1.807, 2.05) is 6.07 Å². The van der Waals surface area contributed by atoms with E-state index < -0.39 is 4.92 Å². The standard InChI is InChI=1S/C18H19N3O4/c22-21(23)14-5-7-18(19-12-14)20-8-1-3-15(20)13-4-6-16-17(11-13)25-10-2-9-24-16/h4-7,11-12,15H,1-3,8-10H2. The molecule has 7 heteroatoms. The van der Waals surface area contributed by atoms with E-state index in [9.17, 15) is 10.1 Å². The van der Waals surface area contributed by atoms with Crippen molar-refractivity contribution < 1.29 is 14.4 Å². The summed E-state index contributed by atoms with van der Waals surface area (Å²) in [6.45, 7) is 2.22. The van der Waals surface area contributed by atoms with E-state index in [1.54, 1.807) is 6.07 Å². The second kappa shape index (κ2) is 6.58. The van der Waals surface area contributed by atoms with E-state index in [2.05, 4.69) is 22.0 Å². The van der Waals surface area contributed by atoms with Crippen molar-refractivity contribution in [2.45, 2.75) is 25.3 Å². The van der Waals surface area contributed by atoms with Gasteiger partial charge in [-0.25, -0.2) is 4.98 Å². The van der Waals surface area contributed by atoms with Crippen LogP contribution in [0.15, 0.2) is 36.5 Å². The lowest BCUT2D eigenvalue weighted by molar-refractivity contribution is -0.385. The maximum Gasteiger partial charge on any atom is 0.287 e. The lowest BCUT2D eigenvalue weighted by atomic mass is 10.0. The van der Waals surface area contributed by atoms with Crippen molar-refractivity contribution in [3.63, 3.8) is 0 Å². The maximum atomic E-state index is 10.8. The van der Waals surface area contributed by atoms with Crippen LogP contribution in [0, 0.1) is 10.1 Å². The number of benzene rings is 1. The summed E-state index contributed by atoms with van der Waals surface area (Å²) in [5.74, 6) is 2.35. The topological polar surface area (TPSA) is 77.7 Å². The first-order valence-electron chi connectivity index (χ1n) is 8.49. The quantitative estimate of drug-likeness (QED) is 0.628. The van der Waals surface area contributed by atoms with Crippen LogP contribution in [0.3, 0.4) is 0 Å². The van der Waals surface area contributed by atoms with E-state index in [1.165, 1.54) is 12.3 Å². The summed E-state index contributed by atoms with van der Waals surface area (Å²) in [6, 6.07) is 9.50. The first-order valence-corrected chi connectivity index (χ1v) is 8.49. The molecular formula is C18H19N3O4. The van der Waals surface area contributed by atoms with Crippen LogP contribution < -0.4 is 14.4 Å². The van der Waals surface area contributed by atoms with E-state index >= 15 is 0 Å². The number of hydrogen-bond donors (Lipinski definition) is 0. The first-order chi connectivity index (χ1) is 12.2. The van der Waals surface area contributed by atoms with Crippen LogP contribution in [0.1, 0.15) is 30.9 Å². The van der Waals surface area contributed by atoms with Gasteiger partial charge < -0.3 is 14.4 Å². The van der Waals surface area contributed by atoms with E-state index in [0.717, 1.165) is 48.7 Å². The van der Waals surface area contributed by atoms with Crippen molar-refractivity contribution in [1.29, 1.82) is 0 Å². The summed E-state index contributed by atoms with van der Waals surface area (Å²) in [4.78, 5) is 16.9. The Kier molecular flexibility index (Phi) is 4.13. The van der Waals surface area contributed by atoms with Gasteiger partial charge in [-0.3, -0.25) is 10.1 Å². The third kappa shape index (κ3) is 3.09. The van der Waals surface area contributed by atoms with Crippen LogP contribution in [0.4, 0.5) is 11.5 Å². The van der Waals surface area contributed by atoms with E-state index in [-0.39, 0.29) is 11.7 Å². The SMILES string of the molecule is O=[N+]([O-])c1ccc(N2CCCC2c2ccc3c(c2)OCCCO3)nc1. The lowest BCUT2D eigenvalue weighted by Gasteiger charge is -2.26. The van der Waals surface area contributed by atoms with Crippen molar-refractivity contribution in [2.75, 3.05) is 24.7 Å². The Hall–Kier alpha value is -2.83. The molecule has 0 bridgehead atoms. The number of pyridine rings is 1. The third-order valence-corrected chi connectivity index (χ3v) is 4.65. The number of nitrogens with zero attached hydrogens (tertiary/aromatic N) is 3. The summed E-state index contributed by atoms with van der Waals surface area (Å²) in [5.41, 5.74) is 1.16. The number of rotatable bonds is 3. The molecule has 1 saturated heterocycles. The van der Waals surface area contributed by atoms with Gasteiger partial charge in [0.1, 0.15) is 12.0 Å². The molecule has 0 amide bonds. The molecule has 1 fully saturated rings. The van der Waals surface area contributed by atoms with Gasteiger partial charge in [-0.05, 0) is 36.6 Å². The number of anilines is 1. The molecule has 0 radical (unpaired) electrons. The van der Waals surface area contributed by atoms with Crippen molar-refractivity contribution in [1.82, 2.24) is 4.98 Å².